The van der Waals surface area contributed by atoms with E-state index in [1.165, 1.54) is 26.1 Å². The molecule has 2 amide bonds. The van der Waals surface area contributed by atoms with Crippen molar-refractivity contribution in [1.82, 2.24) is 18.9 Å². The summed E-state index contributed by atoms with van der Waals surface area (Å²) in [6.45, 7) is 8.71. The first-order valence-corrected chi connectivity index (χ1v) is 19.3. The molecule has 50 heavy (non-hydrogen) atoms. The number of fused-ring (bicyclic) bond motifs is 7. The van der Waals surface area contributed by atoms with Gasteiger partial charge in [-0.3, -0.25) is 9.59 Å². The number of nitrogens with zero attached hydrogens (tertiary/aromatic N) is 2. The van der Waals surface area contributed by atoms with E-state index in [9.17, 15) is 23.1 Å². The van der Waals surface area contributed by atoms with E-state index < -0.39 is 27.6 Å². The van der Waals surface area contributed by atoms with Gasteiger partial charge in [-0.25, -0.2) is 4.72 Å². The number of amides is 2. The molecule has 1 aromatic heterocycles. The summed E-state index contributed by atoms with van der Waals surface area (Å²) in [7, 11) is 0.381. The Morgan fingerprint density at radius 1 is 1.04 bits per heavy atom. The van der Waals surface area contributed by atoms with Crippen molar-refractivity contribution in [2.75, 3.05) is 21.2 Å². The molecule has 7 rings (SSSR count). The fourth-order valence-corrected chi connectivity index (χ4v) is 9.93. The van der Waals surface area contributed by atoms with Gasteiger partial charge in [0, 0.05) is 42.7 Å². The van der Waals surface area contributed by atoms with Gasteiger partial charge < -0.3 is 19.7 Å². The molecule has 10 nitrogen and oxygen atoms in total. The van der Waals surface area contributed by atoms with Crippen LogP contribution in [0.25, 0.3) is 22.2 Å². The van der Waals surface area contributed by atoms with Gasteiger partial charge in [-0.1, -0.05) is 52.2 Å². The minimum absolute atomic E-state index is 0.105. The maximum absolute atomic E-state index is 14.9. The van der Waals surface area contributed by atoms with Crippen LogP contribution in [-0.2, 0) is 21.5 Å². The zero-order chi connectivity index (χ0) is 35.9. The number of rotatable bonds is 7. The van der Waals surface area contributed by atoms with Gasteiger partial charge in [0.2, 0.25) is 5.91 Å². The van der Waals surface area contributed by atoms with Crippen LogP contribution >= 0.6 is 0 Å². The molecule has 268 valence electrons. The Kier molecular flexibility index (Phi) is 8.51. The first-order chi connectivity index (χ1) is 23.6. The standard InChI is InChI=1S/C39H50N4O6S/c1-22-28-20-25(49-7)14-16-26(28)34-32(23-11-9-8-10-12-23)27-15-13-24(36(45)41-50(47,48)42(5)6)19-31(27)43(34)21-39(22,4)37(46)40-33-29-17-18-30(35(33)44)38(29,2)3/h13-16,18-20,22-23,29,33,35,44H,8-12,17,21H2,1-7H3,(H,40,46)(H,41,45)/t22-,29?,33+,35-,39-/m0/s1. The first kappa shape index (κ1) is 34.8. The number of aromatic nitrogens is 1. The van der Waals surface area contributed by atoms with Crippen molar-refractivity contribution < 1.29 is 27.9 Å². The van der Waals surface area contributed by atoms with Gasteiger partial charge >= 0.3 is 10.2 Å². The van der Waals surface area contributed by atoms with Gasteiger partial charge in [0.05, 0.1) is 30.4 Å². The van der Waals surface area contributed by atoms with Crippen molar-refractivity contribution in [1.29, 1.82) is 0 Å². The predicted octanol–water partition coefficient (Wildman–Crippen LogP) is 5.86. The number of hydrogen-bond donors (Lipinski definition) is 3. The van der Waals surface area contributed by atoms with Crippen LogP contribution in [0.2, 0.25) is 0 Å². The minimum Gasteiger partial charge on any atom is -0.497 e. The Morgan fingerprint density at radius 2 is 1.76 bits per heavy atom. The van der Waals surface area contributed by atoms with E-state index in [1.807, 2.05) is 19.1 Å². The highest BCUT2D eigenvalue weighted by Gasteiger charge is 2.56. The average Bonchev–Trinajstić information content (AvgIpc) is 3.61. The molecule has 0 spiro atoms. The molecule has 3 N–H and O–H groups in total. The molecule has 0 saturated heterocycles. The van der Waals surface area contributed by atoms with Crippen molar-refractivity contribution in [3.05, 3.63) is 64.7 Å². The Hall–Kier alpha value is -3.67. The number of benzene rings is 2. The van der Waals surface area contributed by atoms with Crippen LogP contribution in [0.1, 0.15) is 99.5 Å². The van der Waals surface area contributed by atoms with Crippen LogP contribution in [0.3, 0.4) is 0 Å². The number of hydrogen-bond acceptors (Lipinski definition) is 6. The van der Waals surface area contributed by atoms with Gasteiger partial charge in [0.1, 0.15) is 5.75 Å². The highest BCUT2D eigenvalue weighted by atomic mass is 32.2. The lowest BCUT2D eigenvalue weighted by atomic mass is 9.72. The lowest BCUT2D eigenvalue weighted by molar-refractivity contribution is -0.134. The normalized spacial score (nSPS) is 27.4. The molecule has 3 aliphatic carbocycles. The third-order valence-corrected chi connectivity index (χ3v) is 14.1. The summed E-state index contributed by atoms with van der Waals surface area (Å²) in [6.07, 6.45) is 7.75. The number of ether oxygens (including phenoxy) is 1. The van der Waals surface area contributed by atoms with Gasteiger partial charge in [0.25, 0.3) is 5.91 Å². The topological polar surface area (TPSA) is 130 Å². The summed E-state index contributed by atoms with van der Waals surface area (Å²) < 4.78 is 36.3. The lowest BCUT2D eigenvalue weighted by Crippen LogP contribution is -2.53. The molecule has 2 heterocycles. The number of aliphatic hydroxyl groups excluding tert-OH is 1. The zero-order valence-corrected chi connectivity index (χ0v) is 31.0. The number of carbonyl (C=O) groups excluding carboxylic acids is 2. The van der Waals surface area contributed by atoms with Gasteiger partial charge in [-0.05, 0) is 96.4 Å². The zero-order valence-electron chi connectivity index (χ0n) is 30.2. The maximum Gasteiger partial charge on any atom is 0.303 e. The predicted molar refractivity (Wildman–Crippen MR) is 194 cm³/mol. The summed E-state index contributed by atoms with van der Waals surface area (Å²) in [4.78, 5) is 28.3. The maximum atomic E-state index is 14.9. The molecule has 0 radical (unpaired) electrons. The molecule has 1 aliphatic heterocycles. The van der Waals surface area contributed by atoms with Gasteiger partial charge in [0.15, 0.2) is 0 Å². The molecule has 2 saturated carbocycles. The SMILES string of the molecule is COc1ccc2c(c1)[C@H](C)[C@@](C)(C(=O)N[C@@H]1C3CC=C([C@@H]1O)C3(C)C)Cn1c-2c(C2CCCCC2)c2ccc(C(=O)NS(=O)(=O)N(C)C)cc21. The number of aliphatic hydroxyl groups is 1. The molecule has 11 heteroatoms. The average molecular weight is 703 g/mol. The second-order valence-corrected chi connectivity index (χ2v) is 17.8. The fraction of sp³-hybridized carbons (Fsp3) is 0.538. The Bertz CT molecular complexity index is 2020. The molecule has 5 atom stereocenters. The third-order valence-electron chi connectivity index (χ3n) is 12.7. The van der Waals surface area contributed by atoms with E-state index in [-0.39, 0.29) is 34.8 Å². The first-order valence-electron chi connectivity index (χ1n) is 17.9. The summed E-state index contributed by atoms with van der Waals surface area (Å²) in [6, 6.07) is 11.1. The lowest BCUT2D eigenvalue weighted by Gasteiger charge is -2.37. The van der Waals surface area contributed by atoms with Crippen molar-refractivity contribution in [2.24, 2.45) is 16.7 Å². The third kappa shape index (κ3) is 5.30. The summed E-state index contributed by atoms with van der Waals surface area (Å²) in [5.74, 6) is 0.00650. The Labute approximate surface area is 295 Å². The van der Waals surface area contributed by atoms with Crippen LogP contribution in [0, 0.1) is 16.7 Å². The van der Waals surface area contributed by atoms with Gasteiger partial charge in [-0.15, -0.1) is 0 Å². The van der Waals surface area contributed by atoms with Crippen LogP contribution in [0.4, 0.5) is 0 Å². The molecule has 3 aromatic rings. The molecule has 2 aromatic carbocycles. The molecular weight excluding hydrogens is 653 g/mol. The second kappa shape index (κ2) is 12.2. The van der Waals surface area contributed by atoms with Crippen molar-refractivity contribution in [3.8, 4) is 17.0 Å². The molecule has 4 aliphatic rings. The number of allylic oxidation sites excluding steroid dienone is 1. The largest absolute Gasteiger partial charge is 0.497 e. The Morgan fingerprint density at radius 3 is 2.40 bits per heavy atom. The quantitative estimate of drug-likeness (QED) is 0.265. The van der Waals surface area contributed by atoms with Crippen molar-refractivity contribution in [3.63, 3.8) is 0 Å². The number of nitrogens with one attached hydrogen (secondary N) is 2. The summed E-state index contributed by atoms with van der Waals surface area (Å²) >= 11 is 0. The minimum atomic E-state index is -4.01. The number of methoxy groups -OCH3 is 1. The Balaban J connectivity index is 1.42. The van der Waals surface area contributed by atoms with E-state index in [4.69, 9.17) is 4.74 Å². The van der Waals surface area contributed by atoms with Crippen LogP contribution < -0.4 is 14.8 Å². The van der Waals surface area contributed by atoms with Crippen LogP contribution in [0.15, 0.2) is 48.0 Å². The van der Waals surface area contributed by atoms with Gasteiger partial charge in [-0.2, -0.15) is 12.7 Å². The van der Waals surface area contributed by atoms with Crippen molar-refractivity contribution >= 4 is 32.9 Å². The summed E-state index contributed by atoms with van der Waals surface area (Å²) in [5.41, 5.74) is 5.13. The monoisotopic (exact) mass is 702 g/mol. The van der Waals surface area contributed by atoms with Crippen molar-refractivity contribution in [2.45, 2.75) is 96.7 Å². The van der Waals surface area contributed by atoms with E-state index in [2.05, 4.69) is 53.6 Å². The molecule has 1 unspecified atom stereocenters. The van der Waals surface area contributed by atoms with E-state index in [0.717, 1.165) is 69.7 Å². The second-order valence-electron chi connectivity index (χ2n) is 15.9. The van der Waals surface area contributed by atoms with Crippen LogP contribution in [-0.4, -0.2) is 67.6 Å². The smallest absolute Gasteiger partial charge is 0.303 e. The van der Waals surface area contributed by atoms with Crippen LogP contribution in [0.5, 0.6) is 5.75 Å². The molecular formula is C39H50N4O6S. The molecule has 2 fully saturated rings. The fourth-order valence-electron chi connectivity index (χ4n) is 9.40. The summed E-state index contributed by atoms with van der Waals surface area (Å²) in [5, 5.41) is 15.7. The highest BCUT2D eigenvalue weighted by molar-refractivity contribution is 7.87. The number of carbonyl (C=O) groups is 2. The highest BCUT2D eigenvalue weighted by Crippen LogP contribution is 2.55. The van der Waals surface area contributed by atoms with E-state index in [0.29, 0.717) is 18.2 Å². The molecule has 2 bridgehead atoms. The van der Waals surface area contributed by atoms with E-state index >= 15 is 0 Å². The van der Waals surface area contributed by atoms with E-state index in [1.54, 1.807) is 19.2 Å².